The van der Waals surface area contributed by atoms with Crippen molar-refractivity contribution in [1.29, 1.82) is 0 Å². The number of aromatic amines is 1. The summed E-state index contributed by atoms with van der Waals surface area (Å²) in [6, 6.07) is 11.5. The standard InChI is InChI=1S/C21H16FN5O2/c22-15-6-2-1-5-13(15)18-12-27-19(24-18)14-11-26(10-8-16(14)25-21(27)29)20(28)17-7-3-4-9-23-17/h1-7,9,12H,8,10-11H2,(H,25,29). The molecule has 1 amide bonds. The van der Waals surface area contributed by atoms with Crippen molar-refractivity contribution in [1.82, 2.24) is 24.3 Å². The minimum atomic E-state index is -0.409. The summed E-state index contributed by atoms with van der Waals surface area (Å²) >= 11 is 0. The largest absolute Gasteiger partial charge is 0.332 e. The minimum Gasteiger partial charge on any atom is -0.332 e. The molecule has 7 nitrogen and oxygen atoms in total. The highest BCUT2D eigenvalue weighted by Crippen LogP contribution is 2.26. The number of nitrogens with one attached hydrogen (secondary N) is 1. The summed E-state index contributed by atoms with van der Waals surface area (Å²) in [5, 5.41) is 0. The minimum absolute atomic E-state index is 0.179. The summed E-state index contributed by atoms with van der Waals surface area (Å²) < 4.78 is 15.6. The summed E-state index contributed by atoms with van der Waals surface area (Å²) in [6.07, 6.45) is 3.60. The Morgan fingerprint density at radius 3 is 2.76 bits per heavy atom. The van der Waals surface area contributed by atoms with Crippen LogP contribution in [0.5, 0.6) is 0 Å². The maximum absolute atomic E-state index is 14.2. The van der Waals surface area contributed by atoms with E-state index in [0.29, 0.717) is 42.1 Å². The fourth-order valence-corrected chi connectivity index (χ4v) is 3.67. The first-order valence-corrected chi connectivity index (χ1v) is 9.20. The van der Waals surface area contributed by atoms with Gasteiger partial charge in [-0.25, -0.2) is 14.2 Å². The number of rotatable bonds is 2. The number of imidazole rings is 1. The molecule has 3 aromatic heterocycles. The Morgan fingerprint density at radius 2 is 1.97 bits per heavy atom. The molecule has 8 heteroatoms. The maximum atomic E-state index is 14.2. The molecule has 1 aliphatic rings. The SMILES string of the molecule is O=C(c1ccccn1)N1CCc2[nH]c(=O)n3cc(-c4ccccc4F)nc3c2C1. The second kappa shape index (κ2) is 6.66. The summed E-state index contributed by atoms with van der Waals surface area (Å²) in [6.45, 7) is 0.758. The summed E-state index contributed by atoms with van der Waals surface area (Å²) in [7, 11) is 0. The van der Waals surface area contributed by atoms with Crippen LogP contribution in [0.25, 0.3) is 16.9 Å². The number of benzene rings is 1. The van der Waals surface area contributed by atoms with Crippen LogP contribution in [-0.2, 0) is 13.0 Å². The molecule has 144 valence electrons. The van der Waals surface area contributed by atoms with Gasteiger partial charge in [-0.15, -0.1) is 0 Å². The van der Waals surface area contributed by atoms with Gasteiger partial charge in [-0.3, -0.25) is 14.2 Å². The monoisotopic (exact) mass is 389 g/mol. The van der Waals surface area contributed by atoms with Crippen molar-refractivity contribution >= 4 is 11.6 Å². The first-order valence-electron chi connectivity index (χ1n) is 9.20. The fraction of sp³-hybridized carbons (Fsp3) is 0.143. The van der Waals surface area contributed by atoms with Crippen LogP contribution in [0.1, 0.15) is 21.7 Å². The maximum Gasteiger partial charge on any atom is 0.331 e. The van der Waals surface area contributed by atoms with E-state index in [9.17, 15) is 14.0 Å². The number of pyridine rings is 1. The van der Waals surface area contributed by atoms with Crippen molar-refractivity contribution in [3.8, 4) is 11.3 Å². The van der Waals surface area contributed by atoms with Gasteiger partial charge in [-0.05, 0) is 24.3 Å². The Morgan fingerprint density at radius 1 is 1.14 bits per heavy atom. The zero-order valence-corrected chi connectivity index (χ0v) is 15.3. The van der Waals surface area contributed by atoms with Crippen molar-refractivity contribution in [2.24, 2.45) is 0 Å². The lowest BCUT2D eigenvalue weighted by Gasteiger charge is -2.28. The normalized spacial score (nSPS) is 13.5. The molecule has 0 radical (unpaired) electrons. The molecule has 0 fully saturated rings. The molecule has 0 aliphatic carbocycles. The molecular formula is C21H16FN5O2. The van der Waals surface area contributed by atoms with Gasteiger partial charge in [0.05, 0.1) is 12.2 Å². The molecule has 1 aliphatic heterocycles. The molecule has 29 heavy (non-hydrogen) atoms. The van der Waals surface area contributed by atoms with Crippen LogP contribution in [0.3, 0.4) is 0 Å². The second-order valence-corrected chi connectivity index (χ2v) is 6.88. The summed E-state index contributed by atoms with van der Waals surface area (Å²) in [5.74, 6) is -0.588. The van der Waals surface area contributed by atoms with E-state index in [2.05, 4.69) is 15.0 Å². The Bertz CT molecular complexity index is 1300. The third-order valence-corrected chi connectivity index (χ3v) is 5.12. The van der Waals surface area contributed by atoms with Crippen LogP contribution in [0, 0.1) is 5.82 Å². The number of fused-ring (bicyclic) bond motifs is 3. The molecule has 0 saturated heterocycles. The average molecular weight is 389 g/mol. The second-order valence-electron chi connectivity index (χ2n) is 6.88. The zero-order valence-electron chi connectivity index (χ0n) is 15.3. The van der Waals surface area contributed by atoms with Crippen LogP contribution < -0.4 is 5.69 Å². The van der Waals surface area contributed by atoms with Gasteiger partial charge in [-0.1, -0.05) is 18.2 Å². The number of hydrogen-bond acceptors (Lipinski definition) is 4. The topological polar surface area (TPSA) is 83.4 Å². The number of halogens is 1. The van der Waals surface area contributed by atoms with E-state index in [1.807, 2.05) is 0 Å². The number of H-pyrrole nitrogens is 1. The van der Waals surface area contributed by atoms with E-state index in [1.54, 1.807) is 47.5 Å². The summed E-state index contributed by atoms with van der Waals surface area (Å²) in [5.41, 5.74) is 2.66. The Kier molecular flexibility index (Phi) is 3.97. The molecule has 0 saturated carbocycles. The van der Waals surface area contributed by atoms with E-state index in [-0.39, 0.29) is 11.6 Å². The molecule has 4 heterocycles. The van der Waals surface area contributed by atoms with Gasteiger partial charge in [0.2, 0.25) is 0 Å². The Labute approximate surface area is 164 Å². The lowest BCUT2D eigenvalue weighted by molar-refractivity contribution is 0.0728. The van der Waals surface area contributed by atoms with E-state index in [1.165, 1.54) is 16.7 Å². The van der Waals surface area contributed by atoms with Gasteiger partial charge in [0.1, 0.15) is 17.2 Å². The predicted octanol–water partition coefficient (Wildman–Crippen LogP) is 2.42. The number of nitrogens with zero attached hydrogens (tertiary/aromatic N) is 4. The van der Waals surface area contributed by atoms with Crippen molar-refractivity contribution in [3.05, 3.63) is 88.1 Å². The first kappa shape index (κ1) is 17.3. The summed E-state index contributed by atoms with van der Waals surface area (Å²) in [4.78, 5) is 38.5. The molecule has 1 N–H and O–H groups in total. The van der Waals surface area contributed by atoms with Crippen LogP contribution in [0.4, 0.5) is 4.39 Å². The number of hydrogen-bond donors (Lipinski definition) is 1. The van der Waals surface area contributed by atoms with Crippen molar-refractivity contribution in [2.45, 2.75) is 13.0 Å². The molecule has 0 atom stereocenters. The average Bonchev–Trinajstić information content (AvgIpc) is 3.20. The zero-order chi connectivity index (χ0) is 20.0. The lowest BCUT2D eigenvalue weighted by atomic mass is 10.1. The predicted molar refractivity (Wildman–Crippen MR) is 104 cm³/mol. The van der Waals surface area contributed by atoms with E-state index in [4.69, 9.17) is 0 Å². The van der Waals surface area contributed by atoms with Gasteiger partial charge >= 0.3 is 5.69 Å². The van der Waals surface area contributed by atoms with Crippen LogP contribution in [-0.4, -0.2) is 36.7 Å². The molecular weight excluding hydrogens is 373 g/mol. The number of aromatic nitrogens is 4. The Hall–Kier alpha value is -3.81. The van der Waals surface area contributed by atoms with Crippen molar-refractivity contribution in [2.75, 3.05) is 6.54 Å². The van der Waals surface area contributed by atoms with E-state index < -0.39 is 5.82 Å². The Balaban J connectivity index is 1.59. The molecule has 0 unspecified atom stereocenters. The van der Waals surface area contributed by atoms with Crippen molar-refractivity contribution < 1.29 is 9.18 Å². The molecule has 4 aromatic rings. The number of amides is 1. The van der Waals surface area contributed by atoms with E-state index >= 15 is 0 Å². The van der Waals surface area contributed by atoms with Gasteiger partial charge in [0, 0.05) is 42.2 Å². The first-order chi connectivity index (χ1) is 14.1. The van der Waals surface area contributed by atoms with Crippen molar-refractivity contribution in [3.63, 3.8) is 0 Å². The molecule has 0 bridgehead atoms. The van der Waals surface area contributed by atoms with E-state index in [0.717, 1.165) is 11.3 Å². The van der Waals surface area contributed by atoms with Gasteiger partial charge in [0.25, 0.3) is 5.91 Å². The molecule has 5 rings (SSSR count). The smallest absolute Gasteiger partial charge is 0.331 e. The number of carbonyl (C=O) groups is 1. The van der Waals surface area contributed by atoms with Crippen LogP contribution in [0.15, 0.2) is 59.7 Å². The molecule has 1 aromatic carbocycles. The molecule has 0 spiro atoms. The van der Waals surface area contributed by atoms with Gasteiger partial charge < -0.3 is 9.88 Å². The lowest BCUT2D eigenvalue weighted by Crippen LogP contribution is -2.38. The van der Waals surface area contributed by atoms with Crippen LogP contribution in [0.2, 0.25) is 0 Å². The fourth-order valence-electron chi connectivity index (χ4n) is 3.67. The van der Waals surface area contributed by atoms with Gasteiger partial charge in [0.15, 0.2) is 0 Å². The third-order valence-electron chi connectivity index (χ3n) is 5.12. The van der Waals surface area contributed by atoms with Crippen LogP contribution >= 0.6 is 0 Å². The number of carbonyl (C=O) groups excluding carboxylic acids is 1. The highest BCUT2D eigenvalue weighted by atomic mass is 19.1. The van der Waals surface area contributed by atoms with Gasteiger partial charge in [-0.2, -0.15) is 0 Å². The quantitative estimate of drug-likeness (QED) is 0.571. The highest BCUT2D eigenvalue weighted by Gasteiger charge is 2.26. The highest BCUT2D eigenvalue weighted by molar-refractivity contribution is 5.92. The third kappa shape index (κ3) is 2.89.